The van der Waals surface area contributed by atoms with Gasteiger partial charge in [0.2, 0.25) is 0 Å². The number of nitrogens with zero attached hydrogens (tertiary/aromatic N) is 6. The molecule has 1 aliphatic heterocycles. The van der Waals surface area contributed by atoms with Crippen molar-refractivity contribution >= 4 is 11.2 Å². The molecule has 1 aromatic carbocycles. The second-order valence-corrected chi connectivity index (χ2v) is 8.17. The predicted molar refractivity (Wildman–Crippen MR) is 119 cm³/mol. The molecule has 3 aromatic rings. The number of imidazole rings is 1. The molecule has 0 atom stereocenters. The molecule has 0 radical (unpaired) electrons. The van der Waals surface area contributed by atoms with E-state index in [1.807, 2.05) is 29.8 Å². The number of aryl methyl sites for hydroxylation is 1. The summed E-state index contributed by atoms with van der Waals surface area (Å²) in [5.41, 5.74) is 1.48. The summed E-state index contributed by atoms with van der Waals surface area (Å²) in [6.07, 6.45) is 0. The molecule has 0 unspecified atom stereocenters. The fraction of sp³-hybridized carbons (Fsp3) is 0.500. The number of hydrogen-bond acceptors (Lipinski definition) is 6. The number of ether oxygens (including phenoxy) is 1. The molecule has 0 spiro atoms. The monoisotopic (exact) mass is 426 g/mol. The highest BCUT2D eigenvalue weighted by atomic mass is 16.5. The smallest absolute Gasteiger partial charge is 0.332 e. The SMILES string of the molecule is CN(Cc1ccccc1)Cc1nc2c(c(=O)n(C)c(=O)n2C)n1CCN1CCOCC1. The molecule has 31 heavy (non-hydrogen) atoms. The van der Waals surface area contributed by atoms with Gasteiger partial charge in [-0.05, 0) is 12.6 Å². The first-order valence-corrected chi connectivity index (χ1v) is 10.6. The molecule has 9 nitrogen and oxygen atoms in total. The molecule has 1 saturated heterocycles. The van der Waals surface area contributed by atoms with Gasteiger partial charge in [-0.2, -0.15) is 0 Å². The topological polar surface area (TPSA) is 77.5 Å². The maximum atomic E-state index is 13.0. The summed E-state index contributed by atoms with van der Waals surface area (Å²) in [5.74, 6) is 0.792. The highest BCUT2D eigenvalue weighted by molar-refractivity contribution is 5.71. The Morgan fingerprint density at radius 1 is 1.00 bits per heavy atom. The zero-order valence-corrected chi connectivity index (χ0v) is 18.5. The summed E-state index contributed by atoms with van der Waals surface area (Å²) in [4.78, 5) is 34.7. The van der Waals surface area contributed by atoms with Crippen LogP contribution in [0, 0.1) is 0 Å². The van der Waals surface area contributed by atoms with Crippen molar-refractivity contribution in [3.05, 3.63) is 62.6 Å². The van der Waals surface area contributed by atoms with E-state index >= 15 is 0 Å². The first-order valence-electron chi connectivity index (χ1n) is 10.6. The van der Waals surface area contributed by atoms with Gasteiger partial charge in [0.05, 0.1) is 19.8 Å². The summed E-state index contributed by atoms with van der Waals surface area (Å²) < 4.78 is 10.1. The Morgan fingerprint density at radius 2 is 1.71 bits per heavy atom. The largest absolute Gasteiger partial charge is 0.379 e. The maximum absolute atomic E-state index is 13.0. The van der Waals surface area contributed by atoms with Crippen molar-refractivity contribution in [2.24, 2.45) is 14.1 Å². The first kappa shape index (κ1) is 21.5. The average molecular weight is 427 g/mol. The molecular weight excluding hydrogens is 396 g/mol. The van der Waals surface area contributed by atoms with Crippen LogP contribution in [0.1, 0.15) is 11.4 Å². The van der Waals surface area contributed by atoms with Crippen molar-refractivity contribution in [3.63, 3.8) is 0 Å². The van der Waals surface area contributed by atoms with E-state index in [0.29, 0.717) is 24.3 Å². The van der Waals surface area contributed by atoms with Gasteiger partial charge in [0.25, 0.3) is 5.56 Å². The number of hydrogen-bond donors (Lipinski definition) is 0. The Kier molecular flexibility index (Phi) is 6.35. The molecule has 0 bridgehead atoms. The van der Waals surface area contributed by atoms with Crippen LogP contribution in [0.15, 0.2) is 39.9 Å². The first-order chi connectivity index (χ1) is 15.0. The van der Waals surface area contributed by atoms with Gasteiger partial charge in [0.15, 0.2) is 11.2 Å². The third kappa shape index (κ3) is 4.48. The van der Waals surface area contributed by atoms with Crippen LogP contribution in [0.4, 0.5) is 0 Å². The van der Waals surface area contributed by atoms with E-state index in [4.69, 9.17) is 9.72 Å². The summed E-state index contributed by atoms with van der Waals surface area (Å²) in [7, 11) is 5.22. The van der Waals surface area contributed by atoms with Crippen LogP contribution in [-0.4, -0.2) is 68.4 Å². The van der Waals surface area contributed by atoms with Gasteiger partial charge in [-0.1, -0.05) is 30.3 Å². The van der Waals surface area contributed by atoms with Crippen LogP contribution in [0.2, 0.25) is 0 Å². The van der Waals surface area contributed by atoms with Crippen LogP contribution in [-0.2, 0) is 38.5 Å². The van der Waals surface area contributed by atoms with Gasteiger partial charge in [-0.3, -0.25) is 23.7 Å². The lowest BCUT2D eigenvalue weighted by molar-refractivity contribution is 0.0363. The second kappa shape index (κ2) is 9.17. The van der Waals surface area contributed by atoms with Crippen LogP contribution >= 0.6 is 0 Å². The van der Waals surface area contributed by atoms with E-state index in [2.05, 4.69) is 21.9 Å². The second-order valence-electron chi connectivity index (χ2n) is 8.17. The van der Waals surface area contributed by atoms with E-state index in [0.717, 1.165) is 49.8 Å². The van der Waals surface area contributed by atoms with E-state index in [1.165, 1.54) is 17.2 Å². The van der Waals surface area contributed by atoms with E-state index in [1.54, 1.807) is 7.05 Å². The van der Waals surface area contributed by atoms with Crippen molar-refractivity contribution in [1.29, 1.82) is 0 Å². The molecule has 9 heteroatoms. The highest BCUT2D eigenvalue weighted by Crippen LogP contribution is 2.15. The zero-order chi connectivity index (χ0) is 22.0. The Labute approximate surface area is 181 Å². The quantitative estimate of drug-likeness (QED) is 0.544. The number of morpholine rings is 1. The van der Waals surface area contributed by atoms with Gasteiger partial charge < -0.3 is 9.30 Å². The number of fused-ring (bicyclic) bond motifs is 1. The normalized spacial score (nSPS) is 15.2. The molecule has 2 aromatic heterocycles. The molecule has 0 aliphatic carbocycles. The van der Waals surface area contributed by atoms with Crippen molar-refractivity contribution in [2.75, 3.05) is 39.9 Å². The summed E-state index contributed by atoms with van der Waals surface area (Å²) in [5, 5.41) is 0. The maximum Gasteiger partial charge on any atom is 0.332 e. The lowest BCUT2D eigenvalue weighted by Crippen LogP contribution is -2.39. The lowest BCUT2D eigenvalue weighted by Gasteiger charge is -2.27. The van der Waals surface area contributed by atoms with Gasteiger partial charge in [0, 0.05) is 46.8 Å². The lowest BCUT2D eigenvalue weighted by atomic mass is 10.2. The fourth-order valence-corrected chi connectivity index (χ4v) is 4.11. The Hall–Kier alpha value is -2.75. The average Bonchev–Trinajstić information content (AvgIpc) is 3.14. The van der Waals surface area contributed by atoms with Crippen molar-refractivity contribution in [1.82, 2.24) is 28.5 Å². The van der Waals surface area contributed by atoms with Crippen molar-refractivity contribution < 1.29 is 4.74 Å². The molecule has 0 saturated carbocycles. The van der Waals surface area contributed by atoms with Crippen molar-refractivity contribution in [2.45, 2.75) is 19.6 Å². The highest BCUT2D eigenvalue weighted by Gasteiger charge is 2.21. The molecule has 0 N–H and O–H groups in total. The Balaban J connectivity index is 1.68. The minimum atomic E-state index is -0.362. The Bertz CT molecular complexity index is 1160. The minimum absolute atomic E-state index is 0.301. The van der Waals surface area contributed by atoms with Crippen LogP contribution in [0.25, 0.3) is 11.2 Å². The van der Waals surface area contributed by atoms with Crippen LogP contribution in [0.3, 0.4) is 0 Å². The number of rotatable bonds is 7. The molecule has 3 heterocycles. The van der Waals surface area contributed by atoms with E-state index in [-0.39, 0.29) is 11.2 Å². The van der Waals surface area contributed by atoms with Gasteiger partial charge >= 0.3 is 5.69 Å². The van der Waals surface area contributed by atoms with E-state index in [9.17, 15) is 9.59 Å². The summed E-state index contributed by atoms with van der Waals surface area (Å²) in [6, 6.07) is 10.3. The van der Waals surface area contributed by atoms with Crippen LogP contribution < -0.4 is 11.2 Å². The number of aromatic nitrogens is 4. The molecule has 0 amide bonds. The third-order valence-corrected chi connectivity index (χ3v) is 5.88. The minimum Gasteiger partial charge on any atom is -0.379 e. The van der Waals surface area contributed by atoms with E-state index < -0.39 is 0 Å². The molecule has 1 aliphatic rings. The van der Waals surface area contributed by atoms with Crippen molar-refractivity contribution in [3.8, 4) is 0 Å². The molecule has 4 rings (SSSR count). The Morgan fingerprint density at radius 3 is 2.42 bits per heavy atom. The third-order valence-electron chi connectivity index (χ3n) is 5.88. The summed E-state index contributed by atoms with van der Waals surface area (Å²) >= 11 is 0. The number of benzene rings is 1. The predicted octanol–water partition coefficient (Wildman–Crippen LogP) is 0.398. The van der Waals surface area contributed by atoms with Gasteiger partial charge in [-0.25, -0.2) is 9.78 Å². The molecular formula is C22H30N6O3. The molecule has 166 valence electrons. The van der Waals surface area contributed by atoms with Crippen LogP contribution in [0.5, 0.6) is 0 Å². The fourth-order valence-electron chi connectivity index (χ4n) is 4.11. The van der Waals surface area contributed by atoms with Gasteiger partial charge in [0.1, 0.15) is 5.82 Å². The summed E-state index contributed by atoms with van der Waals surface area (Å²) in [6.45, 7) is 6.00. The molecule has 1 fully saturated rings. The van der Waals surface area contributed by atoms with Gasteiger partial charge in [-0.15, -0.1) is 0 Å². The standard InChI is InChI=1S/C22H30N6O3/c1-24(15-17-7-5-4-6-8-17)16-18-23-20-19(21(29)26(3)22(30)25(20)2)28(18)10-9-27-11-13-31-14-12-27/h4-8H,9-16H2,1-3H3. The zero-order valence-electron chi connectivity index (χ0n) is 18.5.